The first kappa shape index (κ1) is 31.8. The Morgan fingerprint density at radius 1 is 0.339 bits per heavy atom. The Balaban J connectivity index is 1.03. The van der Waals surface area contributed by atoms with E-state index in [2.05, 4.69) is 196 Å². The van der Waals surface area contributed by atoms with Crippen molar-refractivity contribution in [2.24, 2.45) is 0 Å². The van der Waals surface area contributed by atoms with Crippen LogP contribution in [0.2, 0.25) is 0 Å². The van der Waals surface area contributed by atoms with Gasteiger partial charge in [-0.25, -0.2) is 0 Å². The molecule has 0 fully saturated rings. The molecule has 0 saturated carbocycles. The number of hydrogen-bond donors (Lipinski definition) is 0. The van der Waals surface area contributed by atoms with Crippen molar-refractivity contribution in [2.75, 3.05) is 0 Å². The summed E-state index contributed by atoms with van der Waals surface area (Å²) >= 11 is 1.91. The van der Waals surface area contributed by atoms with Gasteiger partial charge >= 0.3 is 0 Å². The van der Waals surface area contributed by atoms with Crippen LogP contribution < -0.4 is 0 Å². The minimum absolute atomic E-state index is 0.0182. The van der Waals surface area contributed by atoms with Gasteiger partial charge in [0.1, 0.15) is 0 Å². The molecule has 1 heteroatoms. The maximum absolute atomic E-state index is 2.45. The molecule has 1 heterocycles. The quantitative estimate of drug-likeness (QED) is 0.159. The lowest BCUT2D eigenvalue weighted by molar-refractivity contribution is 0.660. The molecule has 1 aromatic heterocycles. The van der Waals surface area contributed by atoms with Crippen LogP contribution in [-0.2, 0) is 5.41 Å². The maximum Gasteiger partial charge on any atom is 0.0368 e. The van der Waals surface area contributed by atoms with Crippen LogP contribution in [0.15, 0.2) is 182 Å². The van der Waals surface area contributed by atoms with Gasteiger partial charge in [-0.15, -0.1) is 11.3 Å². The molecule has 10 aromatic carbocycles. The summed E-state index contributed by atoms with van der Waals surface area (Å²) in [5.74, 6) is 0. The number of fused-ring (bicyclic) bond motifs is 11. The van der Waals surface area contributed by atoms with Crippen molar-refractivity contribution in [2.45, 2.75) is 19.3 Å². The highest BCUT2D eigenvalue weighted by atomic mass is 32.1. The number of thiophene rings is 1. The minimum atomic E-state index is -0.0182. The summed E-state index contributed by atoms with van der Waals surface area (Å²) in [6.07, 6.45) is 0. The van der Waals surface area contributed by atoms with Crippen LogP contribution in [-0.4, -0.2) is 0 Å². The van der Waals surface area contributed by atoms with Gasteiger partial charge in [-0.3, -0.25) is 0 Å². The predicted octanol–water partition coefficient (Wildman–Crippen LogP) is 16.0. The SMILES string of the molecule is CC1(C)c2ccccc2-c2cc(-c3c4ccccc4c(-c4ccc(-c5cc6sc7cc8ccccc8cc7c6c6ccccc56)cc4)c4ccccc34)ccc21. The van der Waals surface area contributed by atoms with Gasteiger partial charge in [0.15, 0.2) is 0 Å². The minimum Gasteiger partial charge on any atom is -0.135 e. The molecule has 0 amide bonds. The molecule has 12 rings (SSSR count). The van der Waals surface area contributed by atoms with Crippen LogP contribution in [0.1, 0.15) is 25.0 Å². The van der Waals surface area contributed by atoms with Crippen molar-refractivity contribution < 1.29 is 0 Å². The van der Waals surface area contributed by atoms with E-state index in [4.69, 9.17) is 0 Å². The van der Waals surface area contributed by atoms with Gasteiger partial charge in [0.2, 0.25) is 0 Å². The molecule has 262 valence electrons. The Morgan fingerprint density at radius 3 is 1.55 bits per heavy atom. The first-order chi connectivity index (χ1) is 27.5. The molecule has 11 aromatic rings. The van der Waals surface area contributed by atoms with Crippen LogP contribution >= 0.6 is 11.3 Å². The summed E-state index contributed by atoms with van der Waals surface area (Å²) < 4.78 is 2.67. The molecule has 56 heavy (non-hydrogen) atoms. The molecule has 0 unspecified atom stereocenters. The summed E-state index contributed by atoms with van der Waals surface area (Å²) in [6.45, 7) is 4.71. The molecule has 0 N–H and O–H groups in total. The zero-order valence-corrected chi connectivity index (χ0v) is 32.0. The van der Waals surface area contributed by atoms with Crippen LogP contribution in [0.5, 0.6) is 0 Å². The lowest BCUT2D eigenvalue weighted by Gasteiger charge is -2.22. The van der Waals surface area contributed by atoms with Crippen LogP contribution in [0.25, 0.3) is 108 Å². The fourth-order valence-corrected chi connectivity index (χ4v) is 11.2. The van der Waals surface area contributed by atoms with E-state index >= 15 is 0 Å². The first-order valence-corrected chi connectivity index (χ1v) is 20.4. The molecule has 0 saturated heterocycles. The second-order valence-electron chi connectivity index (χ2n) is 16.0. The van der Waals surface area contributed by atoms with Crippen molar-refractivity contribution >= 4 is 74.6 Å². The van der Waals surface area contributed by atoms with E-state index in [1.807, 2.05) is 11.3 Å². The zero-order valence-electron chi connectivity index (χ0n) is 31.2. The van der Waals surface area contributed by atoms with E-state index in [0.29, 0.717) is 0 Å². The Labute approximate surface area is 329 Å². The molecular formula is C55H36S. The Hall–Kier alpha value is -6.54. The summed E-state index contributed by atoms with van der Waals surface area (Å²) in [5, 5.41) is 13.0. The Kier molecular flexibility index (Phi) is 6.66. The third-order valence-electron chi connectivity index (χ3n) is 12.6. The molecule has 0 spiro atoms. The molecule has 0 atom stereocenters. The van der Waals surface area contributed by atoms with Gasteiger partial charge in [0.05, 0.1) is 0 Å². The van der Waals surface area contributed by atoms with Crippen molar-refractivity contribution in [3.05, 3.63) is 193 Å². The van der Waals surface area contributed by atoms with Gasteiger partial charge in [-0.1, -0.05) is 172 Å². The lowest BCUT2D eigenvalue weighted by atomic mass is 9.81. The summed E-state index contributed by atoms with van der Waals surface area (Å²) in [4.78, 5) is 0. The highest BCUT2D eigenvalue weighted by Crippen LogP contribution is 2.51. The number of benzene rings is 10. The number of hydrogen-bond acceptors (Lipinski definition) is 1. The maximum atomic E-state index is 2.45. The number of rotatable bonds is 3. The fourth-order valence-electron chi connectivity index (χ4n) is 10.0. The first-order valence-electron chi connectivity index (χ1n) is 19.6. The van der Waals surface area contributed by atoms with E-state index in [1.54, 1.807) is 0 Å². The molecule has 1 aliphatic carbocycles. The Morgan fingerprint density at radius 2 is 0.857 bits per heavy atom. The molecular weight excluding hydrogens is 693 g/mol. The van der Waals surface area contributed by atoms with Crippen molar-refractivity contribution in [1.82, 2.24) is 0 Å². The largest absolute Gasteiger partial charge is 0.135 e. The lowest BCUT2D eigenvalue weighted by Crippen LogP contribution is -2.14. The van der Waals surface area contributed by atoms with Crippen LogP contribution in [0, 0.1) is 0 Å². The fraction of sp³-hybridized carbons (Fsp3) is 0.0545. The van der Waals surface area contributed by atoms with E-state index < -0.39 is 0 Å². The highest BCUT2D eigenvalue weighted by molar-refractivity contribution is 7.26. The summed E-state index contributed by atoms with van der Waals surface area (Å²) in [5.41, 5.74) is 13.1. The predicted molar refractivity (Wildman–Crippen MR) is 243 cm³/mol. The highest BCUT2D eigenvalue weighted by Gasteiger charge is 2.35. The van der Waals surface area contributed by atoms with Gasteiger partial charge in [0.25, 0.3) is 0 Å². The second-order valence-corrected chi connectivity index (χ2v) is 17.1. The topological polar surface area (TPSA) is 0 Å². The average Bonchev–Trinajstić information content (AvgIpc) is 3.72. The molecule has 0 nitrogen and oxygen atoms in total. The second kappa shape index (κ2) is 11.7. The van der Waals surface area contributed by atoms with Crippen molar-refractivity contribution in [3.63, 3.8) is 0 Å². The smallest absolute Gasteiger partial charge is 0.0368 e. The monoisotopic (exact) mass is 728 g/mol. The third kappa shape index (κ3) is 4.47. The average molecular weight is 729 g/mol. The van der Waals surface area contributed by atoms with E-state index in [0.717, 1.165) is 0 Å². The summed E-state index contributed by atoms with van der Waals surface area (Å²) in [6, 6.07) is 68.3. The van der Waals surface area contributed by atoms with E-state index in [9.17, 15) is 0 Å². The summed E-state index contributed by atoms with van der Waals surface area (Å²) in [7, 11) is 0. The van der Waals surface area contributed by atoms with Gasteiger partial charge in [0, 0.05) is 25.6 Å². The Bertz CT molecular complexity index is 3370. The molecule has 1 aliphatic rings. The van der Waals surface area contributed by atoms with Gasteiger partial charge in [-0.05, 0) is 123 Å². The molecule has 0 bridgehead atoms. The molecule has 0 radical (unpaired) electrons. The normalized spacial score (nSPS) is 13.3. The van der Waals surface area contributed by atoms with Crippen LogP contribution in [0.4, 0.5) is 0 Å². The van der Waals surface area contributed by atoms with E-state index in [1.165, 1.54) is 119 Å². The third-order valence-corrected chi connectivity index (χ3v) is 13.7. The zero-order chi connectivity index (χ0) is 37.1. The van der Waals surface area contributed by atoms with E-state index in [-0.39, 0.29) is 5.41 Å². The van der Waals surface area contributed by atoms with Gasteiger partial charge < -0.3 is 0 Å². The van der Waals surface area contributed by atoms with Crippen molar-refractivity contribution in [3.8, 4) is 44.5 Å². The van der Waals surface area contributed by atoms with Gasteiger partial charge in [-0.2, -0.15) is 0 Å². The van der Waals surface area contributed by atoms with Crippen molar-refractivity contribution in [1.29, 1.82) is 0 Å². The standard InChI is InChI=1S/C55H36S/c1-55(2)48-22-12-11-16-39(48)46-30-37(27-28-49(46)55)53-43-20-9-7-18-41(43)52(42-19-8-10-21-44(42)53)34-25-23-33(24-26-34)45-32-51-54(40-17-6-5-15-38(40)45)47-29-35-13-3-4-14-36(35)31-50(47)56-51/h3-32H,1-2H3. The molecule has 0 aliphatic heterocycles. The van der Waals surface area contributed by atoms with Crippen LogP contribution in [0.3, 0.4) is 0 Å².